The standard InChI is InChI=1S/C20H24N6O2/c1-4-26-18(6-9-22-26)20(27)25-10-7-17-15(12-25)16(23-24(17)3)13-28-19-11-14(2)5-8-21-19/h5-6,8-9,11H,4,7,10,12-13H2,1-3H3. The van der Waals surface area contributed by atoms with Gasteiger partial charge in [-0.05, 0) is 31.5 Å². The van der Waals surface area contributed by atoms with Crippen molar-refractivity contribution in [3.05, 3.63) is 58.8 Å². The Bertz CT molecular complexity index is 1010. The predicted octanol–water partition coefficient (Wildman–Crippen LogP) is 2.12. The van der Waals surface area contributed by atoms with Crippen LogP contribution < -0.4 is 4.74 Å². The van der Waals surface area contributed by atoms with Crippen LogP contribution in [0, 0.1) is 6.92 Å². The van der Waals surface area contributed by atoms with E-state index < -0.39 is 0 Å². The third-order valence-electron chi connectivity index (χ3n) is 5.10. The van der Waals surface area contributed by atoms with Gasteiger partial charge in [0, 0.05) is 62.8 Å². The van der Waals surface area contributed by atoms with Gasteiger partial charge in [-0.1, -0.05) is 0 Å². The number of amides is 1. The average molecular weight is 380 g/mol. The second kappa shape index (κ2) is 7.46. The van der Waals surface area contributed by atoms with Crippen molar-refractivity contribution < 1.29 is 9.53 Å². The molecule has 0 saturated heterocycles. The molecule has 4 heterocycles. The van der Waals surface area contributed by atoms with Gasteiger partial charge in [0.2, 0.25) is 5.88 Å². The van der Waals surface area contributed by atoms with Gasteiger partial charge in [-0.2, -0.15) is 10.2 Å². The number of aryl methyl sites for hydroxylation is 3. The smallest absolute Gasteiger partial charge is 0.272 e. The van der Waals surface area contributed by atoms with E-state index in [-0.39, 0.29) is 5.91 Å². The summed E-state index contributed by atoms with van der Waals surface area (Å²) in [4.78, 5) is 19.1. The molecule has 0 aliphatic carbocycles. The van der Waals surface area contributed by atoms with Crippen molar-refractivity contribution in [3.8, 4) is 5.88 Å². The summed E-state index contributed by atoms with van der Waals surface area (Å²) in [7, 11) is 1.94. The highest BCUT2D eigenvalue weighted by Crippen LogP contribution is 2.24. The summed E-state index contributed by atoms with van der Waals surface area (Å²) in [5, 5.41) is 8.84. The highest BCUT2D eigenvalue weighted by atomic mass is 16.5. The van der Waals surface area contributed by atoms with Crippen molar-refractivity contribution in [1.29, 1.82) is 0 Å². The van der Waals surface area contributed by atoms with E-state index in [9.17, 15) is 4.79 Å². The van der Waals surface area contributed by atoms with Gasteiger partial charge < -0.3 is 9.64 Å². The van der Waals surface area contributed by atoms with Crippen molar-refractivity contribution in [1.82, 2.24) is 29.4 Å². The molecule has 8 heteroatoms. The van der Waals surface area contributed by atoms with E-state index in [1.807, 2.05) is 42.6 Å². The van der Waals surface area contributed by atoms with Crippen molar-refractivity contribution >= 4 is 5.91 Å². The number of hydrogen-bond acceptors (Lipinski definition) is 5. The van der Waals surface area contributed by atoms with Crippen molar-refractivity contribution in [2.24, 2.45) is 7.05 Å². The summed E-state index contributed by atoms with van der Waals surface area (Å²) < 4.78 is 9.48. The molecule has 0 fully saturated rings. The second-order valence-corrected chi connectivity index (χ2v) is 6.96. The van der Waals surface area contributed by atoms with E-state index >= 15 is 0 Å². The Labute approximate surface area is 163 Å². The van der Waals surface area contributed by atoms with Gasteiger partial charge in [-0.15, -0.1) is 0 Å². The Balaban J connectivity index is 1.53. The summed E-state index contributed by atoms with van der Waals surface area (Å²) in [6.07, 6.45) is 4.17. The quantitative estimate of drug-likeness (QED) is 0.677. The number of carbonyl (C=O) groups is 1. The lowest BCUT2D eigenvalue weighted by atomic mass is 10.0. The number of aromatic nitrogens is 5. The first-order chi connectivity index (χ1) is 13.6. The van der Waals surface area contributed by atoms with Crippen LogP contribution in [0.2, 0.25) is 0 Å². The Hall–Kier alpha value is -3.16. The van der Waals surface area contributed by atoms with Crippen LogP contribution in [0.25, 0.3) is 0 Å². The topological polar surface area (TPSA) is 78.1 Å². The fraction of sp³-hybridized carbons (Fsp3) is 0.400. The molecular weight excluding hydrogens is 356 g/mol. The van der Waals surface area contributed by atoms with Gasteiger partial charge in [-0.3, -0.25) is 14.2 Å². The lowest BCUT2D eigenvalue weighted by Gasteiger charge is -2.27. The highest BCUT2D eigenvalue weighted by Gasteiger charge is 2.28. The summed E-state index contributed by atoms with van der Waals surface area (Å²) in [6, 6.07) is 5.61. The first kappa shape index (κ1) is 18.2. The maximum atomic E-state index is 13.0. The molecule has 0 radical (unpaired) electrons. The van der Waals surface area contributed by atoms with Gasteiger partial charge in [0.25, 0.3) is 5.91 Å². The van der Waals surface area contributed by atoms with Gasteiger partial charge in [0.1, 0.15) is 18.0 Å². The predicted molar refractivity (Wildman–Crippen MR) is 103 cm³/mol. The van der Waals surface area contributed by atoms with Crippen LogP contribution in [0.1, 0.15) is 39.9 Å². The average Bonchev–Trinajstić information content (AvgIpc) is 3.30. The van der Waals surface area contributed by atoms with Crippen LogP contribution in [-0.2, 0) is 33.2 Å². The van der Waals surface area contributed by atoms with Crippen LogP contribution >= 0.6 is 0 Å². The molecule has 1 aliphatic heterocycles. The SMILES string of the molecule is CCn1nccc1C(=O)N1CCc2c(c(COc3cc(C)ccn3)nn2C)C1. The molecule has 8 nitrogen and oxygen atoms in total. The first-order valence-corrected chi connectivity index (χ1v) is 9.47. The minimum absolute atomic E-state index is 0.000993. The van der Waals surface area contributed by atoms with Crippen molar-refractivity contribution in [2.45, 2.75) is 40.0 Å². The fourth-order valence-electron chi connectivity index (χ4n) is 3.62. The van der Waals surface area contributed by atoms with Gasteiger partial charge in [-0.25, -0.2) is 4.98 Å². The zero-order valence-electron chi connectivity index (χ0n) is 16.4. The van der Waals surface area contributed by atoms with E-state index in [1.165, 1.54) is 0 Å². The molecule has 0 spiro atoms. The van der Waals surface area contributed by atoms with E-state index in [4.69, 9.17) is 4.74 Å². The Kier molecular flexibility index (Phi) is 4.85. The molecule has 0 saturated carbocycles. The van der Waals surface area contributed by atoms with Crippen LogP contribution in [0.3, 0.4) is 0 Å². The molecular formula is C20H24N6O2. The van der Waals surface area contributed by atoms with E-state index in [2.05, 4.69) is 15.2 Å². The molecule has 146 valence electrons. The Morgan fingerprint density at radius 3 is 2.93 bits per heavy atom. The number of ether oxygens (including phenoxy) is 1. The molecule has 3 aromatic rings. The normalized spacial score (nSPS) is 13.5. The van der Waals surface area contributed by atoms with Crippen LogP contribution in [-0.4, -0.2) is 41.9 Å². The maximum Gasteiger partial charge on any atom is 0.272 e. The van der Waals surface area contributed by atoms with Crippen LogP contribution in [0.15, 0.2) is 30.6 Å². The third-order valence-corrected chi connectivity index (χ3v) is 5.10. The third kappa shape index (κ3) is 3.37. The molecule has 28 heavy (non-hydrogen) atoms. The monoisotopic (exact) mass is 380 g/mol. The fourth-order valence-corrected chi connectivity index (χ4v) is 3.62. The molecule has 1 amide bonds. The largest absolute Gasteiger partial charge is 0.471 e. The van der Waals surface area contributed by atoms with Crippen molar-refractivity contribution in [2.75, 3.05) is 6.54 Å². The summed E-state index contributed by atoms with van der Waals surface area (Å²) >= 11 is 0. The molecule has 0 unspecified atom stereocenters. The number of pyridine rings is 1. The summed E-state index contributed by atoms with van der Waals surface area (Å²) in [6.45, 7) is 6.17. The van der Waals surface area contributed by atoms with E-state index in [0.717, 1.165) is 28.9 Å². The highest BCUT2D eigenvalue weighted by molar-refractivity contribution is 5.92. The van der Waals surface area contributed by atoms with Gasteiger partial charge >= 0.3 is 0 Å². The molecule has 3 aromatic heterocycles. The summed E-state index contributed by atoms with van der Waals surface area (Å²) in [5.41, 5.74) is 4.79. The van der Waals surface area contributed by atoms with E-state index in [1.54, 1.807) is 23.1 Å². The molecule has 1 aliphatic rings. The molecule has 0 atom stereocenters. The minimum atomic E-state index is 0.000993. The Morgan fingerprint density at radius 2 is 2.14 bits per heavy atom. The first-order valence-electron chi connectivity index (χ1n) is 9.47. The number of hydrogen-bond donors (Lipinski definition) is 0. The minimum Gasteiger partial charge on any atom is -0.471 e. The lowest BCUT2D eigenvalue weighted by molar-refractivity contribution is 0.0719. The molecule has 4 rings (SSSR count). The van der Waals surface area contributed by atoms with E-state index in [0.29, 0.717) is 37.8 Å². The Morgan fingerprint density at radius 1 is 1.29 bits per heavy atom. The number of fused-ring (bicyclic) bond motifs is 1. The zero-order chi connectivity index (χ0) is 19.7. The summed E-state index contributed by atoms with van der Waals surface area (Å²) in [5.74, 6) is 0.580. The number of carbonyl (C=O) groups excluding carboxylic acids is 1. The zero-order valence-corrected chi connectivity index (χ0v) is 16.4. The lowest BCUT2D eigenvalue weighted by Crippen LogP contribution is -2.37. The van der Waals surface area contributed by atoms with Gasteiger partial charge in [0.05, 0.1) is 0 Å². The molecule has 0 aromatic carbocycles. The van der Waals surface area contributed by atoms with Crippen molar-refractivity contribution in [3.63, 3.8) is 0 Å². The van der Waals surface area contributed by atoms with Crippen LogP contribution in [0.5, 0.6) is 5.88 Å². The van der Waals surface area contributed by atoms with Crippen LogP contribution in [0.4, 0.5) is 0 Å². The number of nitrogens with zero attached hydrogens (tertiary/aromatic N) is 6. The number of rotatable bonds is 5. The molecule has 0 N–H and O–H groups in total. The maximum absolute atomic E-state index is 13.0. The second-order valence-electron chi connectivity index (χ2n) is 6.96. The molecule has 0 bridgehead atoms. The van der Waals surface area contributed by atoms with Gasteiger partial charge in [0.15, 0.2) is 0 Å².